The molecule has 1 aromatic rings. The van der Waals surface area contributed by atoms with Crippen molar-refractivity contribution in [3.05, 3.63) is 41.0 Å². The molecule has 1 aliphatic heterocycles. The van der Waals surface area contributed by atoms with Gasteiger partial charge in [-0.05, 0) is 48.4 Å². The second kappa shape index (κ2) is 7.18. The predicted molar refractivity (Wildman–Crippen MR) is 93.2 cm³/mol. The fraction of sp³-hybridized carbons (Fsp3) is 0.389. The second-order valence-electron chi connectivity index (χ2n) is 6.16. The first-order valence-corrected chi connectivity index (χ1v) is 8.26. The molecule has 124 valence electrons. The molecule has 1 heterocycles. The molecule has 24 heavy (non-hydrogen) atoms. The van der Waals surface area contributed by atoms with Gasteiger partial charge in [0.15, 0.2) is 0 Å². The maximum atomic E-state index is 11.8. The second-order valence-corrected chi connectivity index (χ2v) is 6.16. The molecular weight excluding hydrogens is 302 g/mol. The smallest absolute Gasteiger partial charge is 0.249 e. The van der Waals surface area contributed by atoms with Crippen LogP contribution >= 0.6 is 0 Å². The number of amides is 1. The summed E-state index contributed by atoms with van der Waals surface area (Å²) in [4.78, 5) is 15.5. The fourth-order valence-corrected chi connectivity index (χ4v) is 3.32. The van der Waals surface area contributed by atoms with Gasteiger partial charge in [-0.25, -0.2) is 0 Å². The van der Waals surface area contributed by atoms with Gasteiger partial charge in [0.1, 0.15) is 0 Å². The Morgan fingerprint density at radius 3 is 2.71 bits per heavy atom. The Labute approximate surface area is 141 Å². The number of rotatable bonds is 3. The molecule has 1 amide bonds. The monoisotopic (exact) mass is 323 g/mol. The number of nitrogens with two attached hydrogens (primary N) is 1. The van der Waals surface area contributed by atoms with E-state index in [0.29, 0.717) is 24.6 Å². The van der Waals surface area contributed by atoms with Crippen molar-refractivity contribution < 1.29 is 4.79 Å². The van der Waals surface area contributed by atoms with E-state index in [2.05, 4.69) is 27.8 Å². The van der Waals surface area contributed by atoms with Gasteiger partial charge in [-0.3, -0.25) is 4.79 Å². The van der Waals surface area contributed by atoms with E-state index in [1.54, 1.807) is 6.19 Å². The van der Waals surface area contributed by atoms with Crippen molar-refractivity contribution in [2.75, 3.05) is 13.1 Å². The molecule has 1 aromatic carbocycles. The highest BCUT2D eigenvalue weighted by Crippen LogP contribution is 2.31. The molecule has 0 unspecified atom stereocenters. The highest BCUT2D eigenvalue weighted by molar-refractivity contribution is 5.98. The number of guanidine groups is 1. The summed E-state index contributed by atoms with van der Waals surface area (Å²) in [7, 11) is 0. The first-order valence-electron chi connectivity index (χ1n) is 8.26. The van der Waals surface area contributed by atoms with Crippen molar-refractivity contribution in [3.63, 3.8) is 0 Å². The summed E-state index contributed by atoms with van der Waals surface area (Å²) < 4.78 is 0. The quantitative estimate of drug-likeness (QED) is 0.739. The number of benzene rings is 1. The molecule has 2 aliphatic rings. The Balaban J connectivity index is 1.88. The van der Waals surface area contributed by atoms with E-state index in [4.69, 9.17) is 11.0 Å². The van der Waals surface area contributed by atoms with Crippen LogP contribution in [0.4, 0.5) is 0 Å². The van der Waals surface area contributed by atoms with Gasteiger partial charge in [0.05, 0.1) is 0 Å². The average Bonchev–Trinajstić information content (AvgIpc) is 2.63. The summed E-state index contributed by atoms with van der Waals surface area (Å²) in [6.45, 7) is 1.39. The van der Waals surface area contributed by atoms with E-state index in [-0.39, 0.29) is 11.8 Å². The molecule has 1 fully saturated rings. The van der Waals surface area contributed by atoms with E-state index in [9.17, 15) is 4.79 Å². The fourth-order valence-electron chi connectivity index (χ4n) is 3.32. The maximum Gasteiger partial charge on any atom is 0.249 e. The third kappa shape index (κ3) is 3.40. The summed E-state index contributed by atoms with van der Waals surface area (Å²) in [6.07, 6.45) is 8.39. The highest BCUT2D eigenvalue weighted by Gasteiger charge is 2.21. The van der Waals surface area contributed by atoms with E-state index >= 15 is 0 Å². The molecule has 0 aromatic heterocycles. The SMILES string of the molecule is N#CN=C1NCC(c2ccc(C(N)=O)c(C3=CCCCC3)c2)CN1. The number of carbonyl (C=O) groups excluding carboxylic acids is 1. The molecule has 0 bridgehead atoms. The Bertz CT molecular complexity index is 734. The van der Waals surface area contributed by atoms with E-state index in [1.807, 2.05) is 12.1 Å². The number of carbonyl (C=O) groups is 1. The van der Waals surface area contributed by atoms with Gasteiger partial charge in [0.25, 0.3) is 0 Å². The third-order valence-corrected chi connectivity index (χ3v) is 4.61. The summed E-state index contributed by atoms with van der Waals surface area (Å²) >= 11 is 0. The minimum Gasteiger partial charge on any atom is -0.366 e. The van der Waals surface area contributed by atoms with E-state index < -0.39 is 0 Å². The zero-order valence-electron chi connectivity index (χ0n) is 13.5. The normalized spacial score (nSPS) is 20.2. The van der Waals surface area contributed by atoms with E-state index in [1.165, 1.54) is 12.0 Å². The van der Waals surface area contributed by atoms with Crippen LogP contribution in [0.1, 0.15) is 53.1 Å². The molecular formula is C18H21N5O. The van der Waals surface area contributed by atoms with Crippen LogP contribution in [0.15, 0.2) is 29.3 Å². The van der Waals surface area contributed by atoms with Crippen LogP contribution in [-0.4, -0.2) is 25.0 Å². The topological polar surface area (TPSA) is 103 Å². The Hall–Kier alpha value is -2.81. The van der Waals surface area contributed by atoms with Gasteiger partial charge < -0.3 is 16.4 Å². The number of nitrogens with zero attached hydrogens (tertiary/aromatic N) is 2. The summed E-state index contributed by atoms with van der Waals surface area (Å²) in [5, 5.41) is 14.8. The van der Waals surface area contributed by atoms with Crippen molar-refractivity contribution in [2.45, 2.75) is 31.6 Å². The molecule has 0 radical (unpaired) electrons. The Morgan fingerprint density at radius 1 is 1.29 bits per heavy atom. The van der Waals surface area contributed by atoms with Crippen molar-refractivity contribution >= 4 is 17.4 Å². The van der Waals surface area contributed by atoms with Crippen LogP contribution in [0.25, 0.3) is 5.57 Å². The number of allylic oxidation sites excluding steroid dienone is 2. The van der Waals surface area contributed by atoms with Crippen LogP contribution in [-0.2, 0) is 0 Å². The van der Waals surface area contributed by atoms with Crippen molar-refractivity contribution in [1.82, 2.24) is 10.6 Å². The molecule has 0 saturated carbocycles. The van der Waals surface area contributed by atoms with Gasteiger partial charge in [-0.1, -0.05) is 18.2 Å². The first kappa shape index (κ1) is 16.1. The summed E-state index contributed by atoms with van der Waals surface area (Å²) in [5.74, 6) is 0.372. The lowest BCUT2D eigenvalue weighted by molar-refractivity contribution is 0.1000. The molecule has 0 atom stereocenters. The van der Waals surface area contributed by atoms with Crippen molar-refractivity contribution in [3.8, 4) is 6.19 Å². The number of primary amides is 1. The van der Waals surface area contributed by atoms with Crippen molar-refractivity contribution in [1.29, 1.82) is 5.26 Å². The molecule has 4 N–H and O–H groups in total. The van der Waals surface area contributed by atoms with Crippen LogP contribution in [0.3, 0.4) is 0 Å². The van der Waals surface area contributed by atoms with E-state index in [0.717, 1.165) is 30.4 Å². The molecule has 1 saturated heterocycles. The molecule has 1 aliphatic carbocycles. The number of hydrogen-bond acceptors (Lipinski definition) is 3. The van der Waals surface area contributed by atoms with Crippen LogP contribution in [0.2, 0.25) is 0 Å². The average molecular weight is 323 g/mol. The van der Waals surface area contributed by atoms with Gasteiger partial charge in [-0.15, -0.1) is 4.99 Å². The first-order chi connectivity index (χ1) is 11.7. The summed E-state index contributed by atoms with van der Waals surface area (Å²) in [6, 6.07) is 5.90. The van der Waals surface area contributed by atoms with Crippen LogP contribution in [0, 0.1) is 11.5 Å². The maximum absolute atomic E-state index is 11.8. The minimum atomic E-state index is -0.383. The lowest BCUT2D eigenvalue weighted by Gasteiger charge is -2.27. The Morgan fingerprint density at radius 2 is 2.08 bits per heavy atom. The number of nitrogens with one attached hydrogen (secondary N) is 2. The number of nitriles is 1. The number of hydrogen-bond donors (Lipinski definition) is 3. The molecule has 0 spiro atoms. The standard InChI is InChI=1S/C18H21N5O/c19-11-23-18-21-9-14(10-22-18)13-6-7-15(17(20)24)16(8-13)12-4-2-1-3-5-12/h4,6-8,14H,1-3,5,9-10H2,(H2,20,24)(H2,21,22,23). The van der Waals surface area contributed by atoms with Gasteiger partial charge in [0, 0.05) is 24.6 Å². The number of aliphatic imine (C=N–C) groups is 1. The molecule has 6 nitrogen and oxygen atoms in total. The third-order valence-electron chi connectivity index (χ3n) is 4.61. The molecule has 6 heteroatoms. The lowest BCUT2D eigenvalue weighted by atomic mass is 9.87. The Kier molecular flexibility index (Phi) is 4.80. The van der Waals surface area contributed by atoms with Gasteiger partial charge in [0.2, 0.25) is 18.1 Å². The lowest BCUT2D eigenvalue weighted by Crippen LogP contribution is -2.48. The predicted octanol–water partition coefficient (Wildman–Crippen LogP) is 1.86. The zero-order valence-corrected chi connectivity index (χ0v) is 13.5. The van der Waals surface area contributed by atoms with Gasteiger partial charge in [-0.2, -0.15) is 5.26 Å². The van der Waals surface area contributed by atoms with Crippen molar-refractivity contribution in [2.24, 2.45) is 10.7 Å². The van der Waals surface area contributed by atoms with Crippen LogP contribution < -0.4 is 16.4 Å². The minimum absolute atomic E-state index is 0.243. The van der Waals surface area contributed by atoms with Crippen LogP contribution in [0.5, 0.6) is 0 Å². The zero-order chi connectivity index (χ0) is 16.9. The largest absolute Gasteiger partial charge is 0.366 e. The molecule has 3 rings (SSSR count). The summed E-state index contributed by atoms with van der Waals surface area (Å²) in [5.41, 5.74) is 9.50. The van der Waals surface area contributed by atoms with Gasteiger partial charge >= 0.3 is 0 Å². The highest BCUT2D eigenvalue weighted by atomic mass is 16.1.